The molecular formula is C18H21FN2O. The summed E-state index contributed by atoms with van der Waals surface area (Å²) in [4.78, 5) is 11.9. The first-order chi connectivity index (χ1) is 10.6. The zero-order valence-electron chi connectivity index (χ0n) is 12.9. The van der Waals surface area contributed by atoms with E-state index in [1.807, 2.05) is 24.3 Å². The van der Waals surface area contributed by atoms with Crippen LogP contribution < -0.4 is 10.6 Å². The van der Waals surface area contributed by atoms with Gasteiger partial charge < -0.3 is 10.6 Å². The molecule has 0 spiro atoms. The topological polar surface area (TPSA) is 41.1 Å². The minimum Gasteiger partial charge on any atom is -0.376 e. The summed E-state index contributed by atoms with van der Waals surface area (Å²) in [5, 5.41) is 5.98. The summed E-state index contributed by atoms with van der Waals surface area (Å²) in [7, 11) is 0. The molecule has 0 saturated carbocycles. The average molecular weight is 300 g/mol. The van der Waals surface area contributed by atoms with Crippen LogP contribution in [0.5, 0.6) is 0 Å². The van der Waals surface area contributed by atoms with Gasteiger partial charge in [0.1, 0.15) is 5.82 Å². The van der Waals surface area contributed by atoms with Crippen LogP contribution in [0.2, 0.25) is 0 Å². The SMILES string of the molecule is CCc1ccccc1NCC(=O)NCc1ccc(F)c(C)c1. The van der Waals surface area contributed by atoms with Crippen molar-refractivity contribution in [2.75, 3.05) is 11.9 Å². The van der Waals surface area contributed by atoms with Crippen molar-refractivity contribution in [3.8, 4) is 0 Å². The van der Waals surface area contributed by atoms with Crippen molar-refractivity contribution < 1.29 is 9.18 Å². The van der Waals surface area contributed by atoms with Crippen molar-refractivity contribution >= 4 is 11.6 Å². The second kappa shape index (κ2) is 7.59. The first kappa shape index (κ1) is 16.0. The lowest BCUT2D eigenvalue weighted by Crippen LogP contribution is -2.29. The molecule has 4 heteroatoms. The number of amides is 1. The van der Waals surface area contributed by atoms with Crippen LogP contribution in [-0.2, 0) is 17.8 Å². The second-order valence-corrected chi connectivity index (χ2v) is 5.22. The summed E-state index contributed by atoms with van der Waals surface area (Å²) in [5.74, 6) is -0.319. The summed E-state index contributed by atoms with van der Waals surface area (Å²) in [5.41, 5.74) is 3.64. The molecule has 2 N–H and O–H groups in total. The number of carbonyl (C=O) groups is 1. The summed E-state index contributed by atoms with van der Waals surface area (Å²) in [6, 6.07) is 12.8. The van der Waals surface area contributed by atoms with Crippen LogP contribution >= 0.6 is 0 Å². The van der Waals surface area contributed by atoms with E-state index in [0.717, 1.165) is 17.7 Å². The monoisotopic (exact) mass is 300 g/mol. The fraction of sp³-hybridized carbons (Fsp3) is 0.278. The van der Waals surface area contributed by atoms with Crippen LogP contribution in [0, 0.1) is 12.7 Å². The number of hydrogen-bond donors (Lipinski definition) is 2. The standard InChI is InChI=1S/C18H21FN2O/c1-3-15-6-4-5-7-17(15)20-12-18(22)21-11-14-8-9-16(19)13(2)10-14/h4-10,20H,3,11-12H2,1-2H3,(H,21,22). The van der Waals surface area contributed by atoms with Crippen molar-refractivity contribution in [2.24, 2.45) is 0 Å². The van der Waals surface area contributed by atoms with E-state index < -0.39 is 0 Å². The Hall–Kier alpha value is -2.36. The highest BCUT2D eigenvalue weighted by atomic mass is 19.1. The Morgan fingerprint density at radius 2 is 1.95 bits per heavy atom. The first-order valence-electron chi connectivity index (χ1n) is 7.43. The molecule has 0 saturated heterocycles. The van der Waals surface area contributed by atoms with Crippen molar-refractivity contribution in [3.63, 3.8) is 0 Å². The number of para-hydroxylation sites is 1. The van der Waals surface area contributed by atoms with Crippen LogP contribution in [0.1, 0.15) is 23.6 Å². The number of anilines is 1. The zero-order chi connectivity index (χ0) is 15.9. The molecule has 0 unspecified atom stereocenters. The molecule has 0 aliphatic rings. The maximum atomic E-state index is 13.2. The number of nitrogens with one attached hydrogen (secondary N) is 2. The van der Waals surface area contributed by atoms with Crippen LogP contribution in [0.25, 0.3) is 0 Å². The predicted molar refractivity (Wildman–Crippen MR) is 87.3 cm³/mol. The Kier molecular flexibility index (Phi) is 5.53. The highest BCUT2D eigenvalue weighted by molar-refractivity contribution is 5.80. The fourth-order valence-electron chi connectivity index (χ4n) is 2.26. The molecule has 2 aromatic rings. The first-order valence-corrected chi connectivity index (χ1v) is 7.43. The number of rotatable bonds is 6. The Morgan fingerprint density at radius 3 is 2.68 bits per heavy atom. The molecule has 2 aromatic carbocycles. The highest BCUT2D eigenvalue weighted by Crippen LogP contribution is 2.14. The lowest BCUT2D eigenvalue weighted by Gasteiger charge is -2.11. The normalized spacial score (nSPS) is 10.3. The van der Waals surface area contributed by atoms with Crippen LogP contribution in [0.3, 0.4) is 0 Å². The summed E-state index contributed by atoms with van der Waals surface area (Å²) in [6.45, 7) is 4.41. The molecule has 0 atom stereocenters. The molecule has 0 aliphatic heterocycles. The van der Waals surface area contributed by atoms with Gasteiger partial charge in [0.2, 0.25) is 5.91 Å². The lowest BCUT2D eigenvalue weighted by atomic mass is 10.1. The van der Waals surface area contributed by atoms with Gasteiger partial charge in [-0.2, -0.15) is 0 Å². The van der Waals surface area contributed by atoms with Crippen molar-refractivity contribution in [1.29, 1.82) is 0 Å². The number of halogens is 1. The van der Waals surface area contributed by atoms with Crippen molar-refractivity contribution in [2.45, 2.75) is 26.8 Å². The van der Waals surface area contributed by atoms with Gasteiger partial charge in [0, 0.05) is 12.2 Å². The van der Waals surface area contributed by atoms with E-state index in [0.29, 0.717) is 12.1 Å². The van der Waals surface area contributed by atoms with E-state index in [1.165, 1.54) is 11.6 Å². The Bertz CT molecular complexity index is 655. The van der Waals surface area contributed by atoms with Crippen LogP contribution in [-0.4, -0.2) is 12.5 Å². The second-order valence-electron chi connectivity index (χ2n) is 5.22. The van der Waals surface area contributed by atoms with Gasteiger partial charge in [-0.25, -0.2) is 4.39 Å². The molecule has 0 heterocycles. The van der Waals surface area contributed by atoms with Gasteiger partial charge in [-0.1, -0.05) is 37.3 Å². The molecular weight excluding hydrogens is 279 g/mol. The molecule has 1 amide bonds. The molecule has 0 radical (unpaired) electrons. The number of aryl methyl sites for hydroxylation is 2. The largest absolute Gasteiger partial charge is 0.376 e. The van der Waals surface area contributed by atoms with Gasteiger partial charge in [0.25, 0.3) is 0 Å². The van der Waals surface area contributed by atoms with Crippen molar-refractivity contribution in [1.82, 2.24) is 5.32 Å². The number of benzene rings is 2. The van der Waals surface area contributed by atoms with E-state index >= 15 is 0 Å². The quantitative estimate of drug-likeness (QED) is 0.858. The van der Waals surface area contributed by atoms with E-state index in [9.17, 15) is 9.18 Å². The Morgan fingerprint density at radius 1 is 1.18 bits per heavy atom. The van der Waals surface area contributed by atoms with Crippen LogP contribution in [0.15, 0.2) is 42.5 Å². The van der Waals surface area contributed by atoms with E-state index in [1.54, 1.807) is 19.1 Å². The van der Waals surface area contributed by atoms with Gasteiger partial charge in [-0.3, -0.25) is 4.79 Å². The third kappa shape index (κ3) is 4.32. The van der Waals surface area contributed by atoms with Gasteiger partial charge in [-0.05, 0) is 42.2 Å². The highest BCUT2D eigenvalue weighted by Gasteiger charge is 2.05. The molecule has 0 aromatic heterocycles. The molecule has 0 bridgehead atoms. The Balaban J connectivity index is 1.84. The summed E-state index contributed by atoms with van der Waals surface area (Å²) >= 11 is 0. The molecule has 116 valence electrons. The molecule has 3 nitrogen and oxygen atoms in total. The zero-order valence-corrected chi connectivity index (χ0v) is 12.9. The third-order valence-electron chi connectivity index (χ3n) is 3.55. The van der Waals surface area contributed by atoms with Gasteiger partial charge >= 0.3 is 0 Å². The maximum absolute atomic E-state index is 13.2. The predicted octanol–water partition coefficient (Wildman–Crippen LogP) is 3.42. The average Bonchev–Trinajstić information content (AvgIpc) is 2.54. The number of hydrogen-bond acceptors (Lipinski definition) is 2. The lowest BCUT2D eigenvalue weighted by molar-refractivity contribution is -0.119. The van der Waals surface area contributed by atoms with E-state index in [2.05, 4.69) is 17.6 Å². The molecule has 2 rings (SSSR count). The van der Waals surface area contributed by atoms with Crippen molar-refractivity contribution in [3.05, 3.63) is 65.0 Å². The van der Waals surface area contributed by atoms with Gasteiger partial charge in [0.15, 0.2) is 0 Å². The fourth-order valence-corrected chi connectivity index (χ4v) is 2.26. The number of carbonyl (C=O) groups excluding carboxylic acids is 1. The summed E-state index contributed by atoms with van der Waals surface area (Å²) in [6.07, 6.45) is 0.916. The molecule has 22 heavy (non-hydrogen) atoms. The van der Waals surface area contributed by atoms with Gasteiger partial charge in [0.05, 0.1) is 6.54 Å². The van der Waals surface area contributed by atoms with Crippen LogP contribution in [0.4, 0.5) is 10.1 Å². The Labute approximate surface area is 130 Å². The minimum absolute atomic E-state index is 0.0899. The maximum Gasteiger partial charge on any atom is 0.239 e. The minimum atomic E-state index is -0.229. The molecule has 0 aliphatic carbocycles. The third-order valence-corrected chi connectivity index (χ3v) is 3.55. The van der Waals surface area contributed by atoms with E-state index in [4.69, 9.17) is 0 Å². The van der Waals surface area contributed by atoms with Gasteiger partial charge in [-0.15, -0.1) is 0 Å². The summed E-state index contributed by atoms with van der Waals surface area (Å²) < 4.78 is 13.2. The molecule has 0 fully saturated rings. The smallest absolute Gasteiger partial charge is 0.239 e. The van der Waals surface area contributed by atoms with E-state index in [-0.39, 0.29) is 18.3 Å².